The molecule has 0 radical (unpaired) electrons. The van der Waals surface area contributed by atoms with Gasteiger partial charge in [-0.1, -0.05) is 31.2 Å². The summed E-state index contributed by atoms with van der Waals surface area (Å²) in [6.07, 6.45) is 1.31. The predicted octanol–water partition coefficient (Wildman–Crippen LogP) is 1.20. The van der Waals surface area contributed by atoms with Crippen molar-refractivity contribution in [2.45, 2.75) is 25.8 Å². The van der Waals surface area contributed by atoms with Crippen LogP contribution in [-0.4, -0.2) is 17.1 Å². The molecule has 0 bridgehead atoms. The fourth-order valence-corrected chi connectivity index (χ4v) is 1.43. The number of hydrogen-bond acceptors (Lipinski definition) is 2. The van der Waals surface area contributed by atoms with E-state index in [4.69, 9.17) is 10.8 Å². The largest absolute Gasteiger partial charge is 0.480 e. The molecule has 0 amide bonds. The van der Waals surface area contributed by atoms with Gasteiger partial charge >= 0.3 is 5.97 Å². The Balaban J connectivity index is 2.80. The number of benzene rings is 1. The maximum absolute atomic E-state index is 10.6. The summed E-state index contributed by atoms with van der Waals surface area (Å²) in [6, 6.07) is 6.99. The van der Waals surface area contributed by atoms with Crippen LogP contribution in [-0.2, 0) is 17.6 Å². The van der Waals surface area contributed by atoms with E-state index in [0.29, 0.717) is 6.42 Å². The second-order valence-electron chi connectivity index (χ2n) is 3.27. The van der Waals surface area contributed by atoms with Crippen molar-refractivity contribution in [3.05, 3.63) is 35.4 Å². The summed E-state index contributed by atoms with van der Waals surface area (Å²) in [5.74, 6) is -0.948. The van der Waals surface area contributed by atoms with Crippen molar-refractivity contribution in [1.29, 1.82) is 0 Å². The first-order chi connectivity index (χ1) is 6.65. The molecule has 0 aliphatic carbocycles. The van der Waals surface area contributed by atoms with Gasteiger partial charge in [0, 0.05) is 0 Å². The van der Waals surface area contributed by atoms with E-state index in [9.17, 15) is 4.79 Å². The van der Waals surface area contributed by atoms with E-state index in [1.165, 1.54) is 5.56 Å². The Bertz CT molecular complexity index is 323. The Morgan fingerprint density at radius 1 is 1.43 bits per heavy atom. The summed E-state index contributed by atoms with van der Waals surface area (Å²) in [6.45, 7) is 2.05. The molecule has 0 aromatic heterocycles. The topological polar surface area (TPSA) is 63.3 Å². The molecule has 1 unspecified atom stereocenters. The van der Waals surface area contributed by atoms with Crippen molar-refractivity contribution in [2.75, 3.05) is 0 Å². The molecule has 3 N–H and O–H groups in total. The quantitative estimate of drug-likeness (QED) is 0.755. The molecule has 0 saturated heterocycles. The van der Waals surface area contributed by atoms with Gasteiger partial charge in [-0.25, -0.2) is 0 Å². The second kappa shape index (κ2) is 4.77. The van der Waals surface area contributed by atoms with Gasteiger partial charge in [-0.05, 0) is 24.0 Å². The van der Waals surface area contributed by atoms with Crippen LogP contribution >= 0.6 is 0 Å². The molecule has 1 aromatic rings. The summed E-state index contributed by atoms with van der Waals surface area (Å²) in [7, 11) is 0. The highest BCUT2D eigenvalue weighted by atomic mass is 16.4. The molecule has 1 rings (SSSR count). The maximum atomic E-state index is 10.6. The predicted molar refractivity (Wildman–Crippen MR) is 55.1 cm³/mol. The van der Waals surface area contributed by atoms with E-state index in [1.807, 2.05) is 31.2 Å². The lowest BCUT2D eigenvalue weighted by atomic mass is 9.99. The monoisotopic (exact) mass is 193 g/mol. The van der Waals surface area contributed by atoms with E-state index < -0.39 is 12.0 Å². The van der Waals surface area contributed by atoms with Crippen molar-refractivity contribution < 1.29 is 9.90 Å². The van der Waals surface area contributed by atoms with Crippen molar-refractivity contribution >= 4 is 5.97 Å². The SMILES string of the molecule is CCc1ccccc1CC(N)C(=O)O. The zero-order chi connectivity index (χ0) is 10.6. The first-order valence-corrected chi connectivity index (χ1v) is 4.70. The molecule has 0 heterocycles. The van der Waals surface area contributed by atoms with E-state index in [-0.39, 0.29) is 0 Å². The number of aliphatic carboxylic acids is 1. The lowest BCUT2D eigenvalue weighted by molar-refractivity contribution is -0.138. The van der Waals surface area contributed by atoms with Crippen LogP contribution in [0.15, 0.2) is 24.3 Å². The van der Waals surface area contributed by atoms with Gasteiger partial charge in [-0.15, -0.1) is 0 Å². The minimum atomic E-state index is -0.948. The van der Waals surface area contributed by atoms with Crippen LogP contribution in [0.3, 0.4) is 0 Å². The van der Waals surface area contributed by atoms with Gasteiger partial charge in [-0.2, -0.15) is 0 Å². The minimum absolute atomic E-state index is 0.402. The zero-order valence-electron chi connectivity index (χ0n) is 8.23. The molecule has 3 heteroatoms. The van der Waals surface area contributed by atoms with Crippen LogP contribution in [0.25, 0.3) is 0 Å². The lowest BCUT2D eigenvalue weighted by Crippen LogP contribution is -2.32. The molecule has 1 atom stereocenters. The number of rotatable bonds is 4. The number of carboxylic acid groups (broad SMARTS) is 1. The molecule has 0 spiro atoms. The third-order valence-corrected chi connectivity index (χ3v) is 2.26. The fourth-order valence-electron chi connectivity index (χ4n) is 1.43. The highest BCUT2D eigenvalue weighted by molar-refractivity contribution is 5.73. The summed E-state index contributed by atoms with van der Waals surface area (Å²) in [5.41, 5.74) is 7.68. The van der Waals surface area contributed by atoms with E-state index in [0.717, 1.165) is 12.0 Å². The normalized spacial score (nSPS) is 12.4. The van der Waals surface area contributed by atoms with Crippen LogP contribution < -0.4 is 5.73 Å². The summed E-state index contributed by atoms with van der Waals surface area (Å²) >= 11 is 0. The molecular formula is C11H15NO2. The van der Waals surface area contributed by atoms with Gasteiger partial charge in [0.25, 0.3) is 0 Å². The Morgan fingerprint density at radius 2 is 2.00 bits per heavy atom. The van der Waals surface area contributed by atoms with Crippen molar-refractivity contribution in [3.8, 4) is 0 Å². The average molecular weight is 193 g/mol. The standard InChI is InChI=1S/C11H15NO2/c1-2-8-5-3-4-6-9(8)7-10(12)11(13)14/h3-6,10H,2,7,12H2,1H3,(H,13,14). The van der Waals surface area contributed by atoms with Gasteiger partial charge in [0.05, 0.1) is 0 Å². The summed E-state index contributed by atoms with van der Waals surface area (Å²) in [5, 5.41) is 8.68. The Labute approximate surface area is 83.6 Å². The number of aryl methyl sites for hydroxylation is 1. The first-order valence-electron chi connectivity index (χ1n) is 4.70. The second-order valence-corrected chi connectivity index (χ2v) is 3.27. The fraction of sp³-hybridized carbons (Fsp3) is 0.364. The van der Waals surface area contributed by atoms with Crippen LogP contribution in [0.1, 0.15) is 18.1 Å². The third-order valence-electron chi connectivity index (χ3n) is 2.26. The molecule has 0 fully saturated rings. The maximum Gasteiger partial charge on any atom is 0.320 e. The Hall–Kier alpha value is -1.35. The molecule has 3 nitrogen and oxygen atoms in total. The first kappa shape index (κ1) is 10.7. The highest BCUT2D eigenvalue weighted by Gasteiger charge is 2.13. The highest BCUT2D eigenvalue weighted by Crippen LogP contribution is 2.11. The van der Waals surface area contributed by atoms with Crippen LogP contribution in [0.2, 0.25) is 0 Å². The molecule has 76 valence electrons. The number of carbonyl (C=O) groups is 1. The molecule has 0 aliphatic rings. The lowest BCUT2D eigenvalue weighted by Gasteiger charge is -2.10. The van der Waals surface area contributed by atoms with Gasteiger partial charge in [0.1, 0.15) is 6.04 Å². The Morgan fingerprint density at radius 3 is 2.50 bits per heavy atom. The van der Waals surface area contributed by atoms with E-state index in [1.54, 1.807) is 0 Å². The van der Waals surface area contributed by atoms with Gasteiger partial charge in [0.15, 0.2) is 0 Å². The summed E-state index contributed by atoms with van der Waals surface area (Å²) in [4.78, 5) is 10.6. The number of hydrogen-bond donors (Lipinski definition) is 2. The molecule has 1 aromatic carbocycles. The smallest absolute Gasteiger partial charge is 0.320 e. The Kier molecular flexibility index (Phi) is 3.65. The van der Waals surface area contributed by atoms with Gasteiger partial charge < -0.3 is 10.8 Å². The van der Waals surface area contributed by atoms with E-state index in [2.05, 4.69) is 0 Å². The van der Waals surface area contributed by atoms with Crippen molar-refractivity contribution in [2.24, 2.45) is 5.73 Å². The third kappa shape index (κ3) is 2.57. The van der Waals surface area contributed by atoms with Crippen molar-refractivity contribution in [3.63, 3.8) is 0 Å². The number of carboxylic acids is 1. The van der Waals surface area contributed by atoms with Crippen molar-refractivity contribution in [1.82, 2.24) is 0 Å². The zero-order valence-corrected chi connectivity index (χ0v) is 8.23. The van der Waals surface area contributed by atoms with Crippen LogP contribution in [0, 0.1) is 0 Å². The molecular weight excluding hydrogens is 178 g/mol. The molecule has 14 heavy (non-hydrogen) atoms. The van der Waals surface area contributed by atoms with Gasteiger partial charge in [0.2, 0.25) is 0 Å². The minimum Gasteiger partial charge on any atom is -0.480 e. The summed E-state index contributed by atoms with van der Waals surface area (Å²) < 4.78 is 0. The number of nitrogens with two attached hydrogens (primary N) is 1. The molecule has 0 aliphatic heterocycles. The van der Waals surface area contributed by atoms with Crippen LogP contribution in [0.4, 0.5) is 0 Å². The van der Waals surface area contributed by atoms with Crippen LogP contribution in [0.5, 0.6) is 0 Å². The van der Waals surface area contributed by atoms with Gasteiger partial charge in [-0.3, -0.25) is 4.79 Å². The van der Waals surface area contributed by atoms with E-state index >= 15 is 0 Å². The molecule has 0 saturated carbocycles. The average Bonchev–Trinajstić information content (AvgIpc) is 2.18.